The molecule has 0 radical (unpaired) electrons. The van der Waals surface area contributed by atoms with Gasteiger partial charge in [-0.15, -0.1) is 0 Å². The maximum atomic E-state index is 6.03. The van der Waals surface area contributed by atoms with Crippen molar-refractivity contribution in [2.75, 3.05) is 13.7 Å². The van der Waals surface area contributed by atoms with Gasteiger partial charge in [-0.1, -0.05) is 18.2 Å². The van der Waals surface area contributed by atoms with Gasteiger partial charge < -0.3 is 15.2 Å². The van der Waals surface area contributed by atoms with Crippen LogP contribution in [0.1, 0.15) is 36.8 Å². The van der Waals surface area contributed by atoms with Gasteiger partial charge in [0, 0.05) is 24.9 Å². The Balaban J connectivity index is 1.61. The highest BCUT2D eigenvalue weighted by Gasteiger charge is 2.61. The van der Waals surface area contributed by atoms with Crippen molar-refractivity contribution in [2.24, 2.45) is 16.1 Å². The van der Waals surface area contributed by atoms with E-state index < -0.39 is 0 Å². The third kappa shape index (κ3) is 2.41. The number of pyridine rings is 1. The first-order valence-electron chi connectivity index (χ1n) is 9.71. The van der Waals surface area contributed by atoms with Crippen LogP contribution in [0.15, 0.2) is 47.7 Å². The lowest BCUT2D eigenvalue weighted by Crippen LogP contribution is -2.46. The Morgan fingerprint density at radius 2 is 2.04 bits per heavy atom. The molecule has 1 aromatic carbocycles. The van der Waals surface area contributed by atoms with Gasteiger partial charge in [0.2, 0.25) is 0 Å². The lowest BCUT2D eigenvalue weighted by Gasteiger charge is -2.45. The predicted molar refractivity (Wildman–Crippen MR) is 104 cm³/mol. The van der Waals surface area contributed by atoms with Crippen LogP contribution in [0.4, 0.5) is 0 Å². The molecular formula is C22H25N3O2. The number of hydrogen-bond acceptors (Lipinski definition) is 5. The molecule has 140 valence electrons. The molecule has 2 aliphatic carbocycles. The number of hydrogen-bond donors (Lipinski definition) is 1. The minimum atomic E-state index is -0.372. The van der Waals surface area contributed by atoms with Crippen molar-refractivity contribution in [1.29, 1.82) is 0 Å². The zero-order valence-corrected chi connectivity index (χ0v) is 15.6. The topological polar surface area (TPSA) is 69.7 Å². The number of nitrogens with two attached hydrogens (primary N) is 1. The van der Waals surface area contributed by atoms with Gasteiger partial charge in [0.25, 0.3) is 6.02 Å². The van der Waals surface area contributed by atoms with E-state index in [9.17, 15) is 0 Å². The maximum absolute atomic E-state index is 6.03. The van der Waals surface area contributed by atoms with E-state index in [1.807, 2.05) is 19.4 Å². The van der Waals surface area contributed by atoms with Gasteiger partial charge in [-0.25, -0.2) is 4.99 Å². The zero-order valence-electron chi connectivity index (χ0n) is 15.6. The lowest BCUT2D eigenvalue weighted by molar-refractivity contribution is -0.00983. The van der Waals surface area contributed by atoms with Gasteiger partial charge in [-0.05, 0) is 66.5 Å². The van der Waals surface area contributed by atoms with E-state index in [2.05, 4.69) is 29.2 Å². The second-order valence-electron chi connectivity index (χ2n) is 8.10. The highest BCUT2D eigenvalue weighted by atomic mass is 16.5. The van der Waals surface area contributed by atoms with Crippen LogP contribution in [0.3, 0.4) is 0 Å². The molecule has 0 saturated heterocycles. The van der Waals surface area contributed by atoms with E-state index >= 15 is 0 Å². The molecule has 3 aliphatic rings. The van der Waals surface area contributed by atoms with Crippen molar-refractivity contribution in [2.45, 2.75) is 43.7 Å². The van der Waals surface area contributed by atoms with Gasteiger partial charge >= 0.3 is 0 Å². The third-order valence-electron chi connectivity index (χ3n) is 6.91. The highest BCUT2D eigenvalue weighted by Crippen LogP contribution is 2.61. The summed E-state index contributed by atoms with van der Waals surface area (Å²) in [5, 5.41) is 0. The number of amidine groups is 1. The monoisotopic (exact) mass is 363 g/mol. The Bertz CT molecular complexity index is 888. The van der Waals surface area contributed by atoms with Crippen molar-refractivity contribution < 1.29 is 9.47 Å². The summed E-state index contributed by atoms with van der Waals surface area (Å²) >= 11 is 0. The van der Waals surface area contributed by atoms with E-state index in [1.54, 1.807) is 6.20 Å². The molecule has 5 rings (SSSR count). The average molecular weight is 363 g/mol. The smallest absolute Gasteiger partial charge is 0.283 e. The number of rotatable bonds is 2. The molecule has 27 heavy (non-hydrogen) atoms. The number of ether oxygens (including phenoxy) is 2. The molecule has 1 fully saturated rings. The summed E-state index contributed by atoms with van der Waals surface area (Å²) < 4.78 is 11.4. The van der Waals surface area contributed by atoms with Gasteiger partial charge in [0.05, 0.1) is 6.10 Å². The summed E-state index contributed by atoms with van der Waals surface area (Å²) in [5.74, 6) is 0. The number of aromatic nitrogens is 1. The Hall–Kier alpha value is -2.40. The standard InChI is InChI=1S/C22H25N3O2/c1-26-18-6-8-21(9-7-18)12-16-5-4-15(17-3-2-10-24-13-17)11-19(16)22(21)14-27-20(23)25-22/h2-5,10-11,13,18H,6-9,12,14H2,1H3,(H2,23,25)/t18-,21-,22-/m0/s1. The van der Waals surface area contributed by atoms with Crippen LogP contribution >= 0.6 is 0 Å². The van der Waals surface area contributed by atoms with Crippen LogP contribution in [0.5, 0.6) is 0 Å². The minimum Gasteiger partial charge on any atom is -0.462 e. The largest absolute Gasteiger partial charge is 0.462 e. The molecule has 0 bridgehead atoms. The number of benzene rings is 1. The second kappa shape index (κ2) is 6.06. The molecular weight excluding hydrogens is 338 g/mol. The maximum Gasteiger partial charge on any atom is 0.283 e. The normalized spacial score (nSPS) is 31.7. The van der Waals surface area contributed by atoms with E-state index in [0.29, 0.717) is 18.7 Å². The van der Waals surface area contributed by atoms with E-state index in [4.69, 9.17) is 20.2 Å². The van der Waals surface area contributed by atoms with E-state index in [1.165, 1.54) is 16.7 Å². The van der Waals surface area contributed by atoms with Crippen LogP contribution in [-0.4, -0.2) is 30.8 Å². The molecule has 0 amide bonds. The minimum absolute atomic E-state index is 0.0685. The summed E-state index contributed by atoms with van der Waals surface area (Å²) in [7, 11) is 1.82. The number of methoxy groups -OCH3 is 1. The molecule has 1 saturated carbocycles. The SMILES string of the molecule is CO[C@H]1CC[C@]2(CC1)Cc1ccc(-c3cccnc3)cc1[C@@]21COC(N)=N1. The van der Waals surface area contributed by atoms with Gasteiger partial charge in [0.1, 0.15) is 12.1 Å². The first-order valence-corrected chi connectivity index (χ1v) is 9.71. The van der Waals surface area contributed by atoms with E-state index in [-0.39, 0.29) is 11.0 Å². The molecule has 5 nitrogen and oxygen atoms in total. The Kier molecular flexibility index (Phi) is 3.76. The highest BCUT2D eigenvalue weighted by molar-refractivity contribution is 5.76. The molecule has 1 atom stereocenters. The summed E-state index contributed by atoms with van der Waals surface area (Å²) in [6, 6.07) is 11.1. The first kappa shape index (κ1) is 16.8. The fourth-order valence-electron chi connectivity index (χ4n) is 5.44. The third-order valence-corrected chi connectivity index (χ3v) is 6.91. The number of aliphatic imine (C=N–C) groups is 1. The van der Waals surface area contributed by atoms with E-state index in [0.717, 1.165) is 37.7 Å². The molecule has 5 heteroatoms. The quantitative estimate of drug-likeness (QED) is 0.888. The summed E-state index contributed by atoms with van der Waals surface area (Å²) in [6.07, 6.45) is 9.40. The fraction of sp³-hybridized carbons (Fsp3) is 0.455. The lowest BCUT2D eigenvalue weighted by atomic mass is 9.62. The Morgan fingerprint density at radius 1 is 1.19 bits per heavy atom. The van der Waals surface area contributed by atoms with Crippen LogP contribution in [0, 0.1) is 5.41 Å². The van der Waals surface area contributed by atoms with Crippen molar-refractivity contribution in [3.63, 3.8) is 0 Å². The van der Waals surface area contributed by atoms with Gasteiger partial charge in [0.15, 0.2) is 0 Å². The predicted octanol–water partition coefficient (Wildman–Crippen LogP) is 3.42. The van der Waals surface area contributed by atoms with Crippen LogP contribution in [0.2, 0.25) is 0 Å². The Morgan fingerprint density at radius 3 is 2.70 bits per heavy atom. The van der Waals surface area contributed by atoms with Crippen LogP contribution in [-0.2, 0) is 21.4 Å². The van der Waals surface area contributed by atoms with Crippen LogP contribution in [0.25, 0.3) is 11.1 Å². The van der Waals surface area contributed by atoms with Crippen LogP contribution < -0.4 is 5.73 Å². The second-order valence-corrected chi connectivity index (χ2v) is 8.10. The number of fused-ring (bicyclic) bond motifs is 3. The van der Waals surface area contributed by atoms with Crippen molar-refractivity contribution in [1.82, 2.24) is 4.98 Å². The molecule has 2 heterocycles. The summed E-state index contributed by atoms with van der Waals surface area (Å²) in [4.78, 5) is 9.21. The van der Waals surface area contributed by atoms with Crippen molar-refractivity contribution in [3.05, 3.63) is 53.9 Å². The average Bonchev–Trinajstić information content (AvgIpc) is 3.23. The number of nitrogens with zero attached hydrogens (tertiary/aromatic N) is 2. The first-order chi connectivity index (χ1) is 13.2. The van der Waals surface area contributed by atoms with Gasteiger partial charge in [-0.3, -0.25) is 4.98 Å². The molecule has 2 aromatic rings. The molecule has 2 N–H and O–H groups in total. The summed E-state index contributed by atoms with van der Waals surface area (Å²) in [6.45, 7) is 0.542. The van der Waals surface area contributed by atoms with Crippen molar-refractivity contribution in [3.8, 4) is 11.1 Å². The molecule has 1 aliphatic heterocycles. The Labute approximate surface area is 159 Å². The fourth-order valence-corrected chi connectivity index (χ4v) is 5.44. The van der Waals surface area contributed by atoms with Gasteiger partial charge in [-0.2, -0.15) is 0 Å². The summed E-state index contributed by atoms with van der Waals surface area (Å²) in [5.41, 5.74) is 10.7. The van der Waals surface area contributed by atoms with Crippen molar-refractivity contribution >= 4 is 6.02 Å². The molecule has 0 unspecified atom stereocenters. The molecule has 2 spiro atoms. The zero-order chi connectivity index (χ0) is 18.5. The molecule has 1 aromatic heterocycles.